The normalized spacial score (nSPS) is 27.9. The molecular weight excluding hydrogens is 572 g/mol. The van der Waals surface area contributed by atoms with Crippen LogP contribution in [0.15, 0.2) is 0 Å². The highest BCUT2D eigenvalue weighted by Crippen LogP contribution is 2.42. The van der Waals surface area contributed by atoms with Crippen molar-refractivity contribution >= 4 is 11.8 Å². The molecule has 5 aliphatic carbocycles. The van der Waals surface area contributed by atoms with E-state index in [-0.39, 0.29) is 23.9 Å². The Labute approximate surface area is 282 Å². The van der Waals surface area contributed by atoms with Gasteiger partial charge in [0, 0.05) is 18.9 Å². The minimum Gasteiger partial charge on any atom is -0.436 e. The molecule has 5 fully saturated rings. The fourth-order valence-electron chi connectivity index (χ4n) is 10.5. The first-order chi connectivity index (χ1) is 22.5. The number of rotatable bonds is 15. The van der Waals surface area contributed by atoms with Gasteiger partial charge in [0.25, 0.3) is 0 Å². The molecule has 5 rings (SSSR count). The number of ketones is 1. The van der Waals surface area contributed by atoms with Crippen LogP contribution in [-0.2, 0) is 23.8 Å². The van der Waals surface area contributed by atoms with Crippen LogP contribution in [0.5, 0.6) is 0 Å². The van der Waals surface area contributed by atoms with E-state index in [1.165, 1.54) is 128 Å². The van der Waals surface area contributed by atoms with E-state index < -0.39 is 6.29 Å². The molecule has 0 heterocycles. The molecule has 0 aliphatic heterocycles. The summed E-state index contributed by atoms with van der Waals surface area (Å²) in [7, 11) is 0. The molecule has 0 amide bonds. The topological polar surface area (TPSA) is 61.8 Å². The number of ether oxygens (including phenoxy) is 3. The van der Waals surface area contributed by atoms with Crippen LogP contribution in [0, 0.1) is 47.3 Å². The van der Waals surface area contributed by atoms with E-state index in [0.717, 1.165) is 32.3 Å². The summed E-state index contributed by atoms with van der Waals surface area (Å²) in [5.74, 6) is 4.23. The molecule has 0 N–H and O–H groups in total. The van der Waals surface area contributed by atoms with Crippen LogP contribution in [0.4, 0.5) is 0 Å². The minimum absolute atomic E-state index is 0.0172. The quantitative estimate of drug-likeness (QED) is 0.131. The second kappa shape index (κ2) is 19.3. The van der Waals surface area contributed by atoms with Gasteiger partial charge in [-0.05, 0) is 126 Å². The van der Waals surface area contributed by atoms with Crippen molar-refractivity contribution in [2.75, 3.05) is 13.2 Å². The molecule has 0 spiro atoms. The van der Waals surface area contributed by atoms with Crippen molar-refractivity contribution < 1.29 is 23.8 Å². The monoisotopic (exact) mass is 643 g/mol. The molecule has 5 aliphatic rings. The summed E-state index contributed by atoms with van der Waals surface area (Å²) in [5, 5.41) is 0. The number of hydrogen-bond acceptors (Lipinski definition) is 5. The van der Waals surface area contributed by atoms with Gasteiger partial charge in [-0.15, -0.1) is 0 Å². The zero-order valence-electron chi connectivity index (χ0n) is 29.9. The average Bonchev–Trinajstić information content (AvgIpc) is 3.09. The third kappa shape index (κ3) is 11.0. The van der Waals surface area contributed by atoms with Crippen LogP contribution in [0.3, 0.4) is 0 Å². The van der Waals surface area contributed by atoms with Crippen molar-refractivity contribution in [2.45, 2.75) is 187 Å². The molecule has 5 saturated carbocycles. The molecule has 5 heteroatoms. The average molecular weight is 643 g/mol. The Kier molecular flexibility index (Phi) is 15.2. The first-order valence-corrected chi connectivity index (χ1v) is 20.4. The number of esters is 1. The highest BCUT2D eigenvalue weighted by Gasteiger charge is 2.39. The Morgan fingerprint density at radius 1 is 0.500 bits per heavy atom. The van der Waals surface area contributed by atoms with Gasteiger partial charge in [0.15, 0.2) is 6.29 Å². The van der Waals surface area contributed by atoms with Crippen LogP contribution in [-0.4, -0.2) is 37.4 Å². The molecule has 0 aromatic carbocycles. The first-order valence-electron chi connectivity index (χ1n) is 20.4. The third-order valence-corrected chi connectivity index (χ3v) is 13.2. The Hall–Kier alpha value is -0.940. The van der Waals surface area contributed by atoms with Crippen LogP contribution in [0.1, 0.15) is 174 Å². The predicted molar refractivity (Wildman–Crippen MR) is 185 cm³/mol. The summed E-state index contributed by atoms with van der Waals surface area (Å²) in [6, 6.07) is 0. The second-order valence-electron chi connectivity index (χ2n) is 16.7. The van der Waals surface area contributed by atoms with E-state index in [1.807, 2.05) is 6.92 Å². The maximum absolute atomic E-state index is 13.7. The van der Waals surface area contributed by atoms with E-state index in [9.17, 15) is 9.59 Å². The lowest BCUT2D eigenvalue weighted by Crippen LogP contribution is -2.37. The van der Waals surface area contributed by atoms with Crippen molar-refractivity contribution in [1.29, 1.82) is 0 Å². The highest BCUT2D eigenvalue weighted by atomic mass is 16.7. The lowest BCUT2D eigenvalue weighted by Gasteiger charge is -2.37. The van der Waals surface area contributed by atoms with Crippen molar-refractivity contribution in [3.05, 3.63) is 0 Å². The maximum atomic E-state index is 13.7. The Balaban J connectivity index is 0.991. The summed E-state index contributed by atoms with van der Waals surface area (Å²) in [4.78, 5) is 27.2. The molecule has 0 aromatic heterocycles. The number of carbonyl (C=O) groups is 2. The largest absolute Gasteiger partial charge is 0.436 e. The zero-order chi connectivity index (χ0) is 32.1. The van der Waals surface area contributed by atoms with Gasteiger partial charge in [-0.3, -0.25) is 9.59 Å². The van der Waals surface area contributed by atoms with Gasteiger partial charge in [-0.2, -0.15) is 0 Å². The zero-order valence-corrected chi connectivity index (χ0v) is 29.9. The summed E-state index contributed by atoms with van der Waals surface area (Å²) in [6.07, 6.45) is 30.2. The third-order valence-electron chi connectivity index (χ3n) is 13.2. The van der Waals surface area contributed by atoms with Gasteiger partial charge in [-0.1, -0.05) is 77.0 Å². The van der Waals surface area contributed by atoms with Crippen molar-refractivity contribution in [3.63, 3.8) is 0 Å². The van der Waals surface area contributed by atoms with Gasteiger partial charge in [0.1, 0.15) is 5.78 Å². The van der Waals surface area contributed by atoms with Gasteiger partial charge >= 0.3 is 5.97 Å². The Morgan fingerprint density at radius 3 is 1.28 bits per heavy atom. The SMILES string of the molecule is CC(CC(=O)C(C1CCCCC1)C1CCCCC1)OCC1CCC(COC(C)OC(=O)C(C2CCCCC2)C2CCCCC2)CC1. The molecule has 2 unspecified atom stereocenters. The van der Waals surface area contributed by atoms with Gasteiger partial charge < -0.3 is 14.2 Å². The van der Waals surface area contributed by atoms with Crippen molar-refractivity contribution in [3.8, 4) is 0 Å². The molecule has 0 radical (unpaired) electrons. The molecule has 0 saturated heterocycles. The molecule has 2 atom stereocenters. The molecule has 0 bridgehead atoms. The second-order valence-corrected chi connectivity index (χ2v) is 16.7. The summed E-state index contributed by atoms with van der Waals surface area (Å²) in [5.41, 5.74) is 0. The lowest BCUT2D eigenvalue weighted by molar-refractivity contribution is -0.187. The van der Waals surface area contributed by atoms with Gasteiger partial charge in [-0.25, -0.2) is 0 Å². The summed E-state index contributed by atoms with van der Waals surface area (Å²) < 4.78 is 18.5. The van der Waals surface area contributed by atoms with E-state index in [4.69, 9.17) is 14.2 Å². The molecule has 0 aromatic rings. The van der Waals surface area contributed by atoms with E-state index in [1.54, 1.807) is 0 Å². The fourth-order valence-corrected chi connectivity index (χ4v) is 10.5. The molecule has 5 nitrogen and oxygen atoms in total. The van der Waals surface area contributed by atoms with Crippen molar-refractivity contribution in [2.24, 2.45) is 47.3 Å². The van der Waals surface area contributed by atoms with E-state index in [0.29, 0.717) is 54.3 Å². The fraction of sp³-hybridized carbons (Fsp3) is 0.951. The lowest BCUT2D eigenvalue weighted by atomic mass is 9.67. The molecule has 264 valence electrons. The highest BCUT2D eigenvalue weighted by molar-refractivity contribution is 5.82. The number of hydrogen-bond donors (Lipinski definition) is 0. The summed E-state index contributed by atoms with van der Waals surface area (Å²) in [6.45, 7) is 5.50. The number of Topliss-reactive ketones (excluding diaryl/α,β-unsaturated/α-hetero) is 1. The smallest absolute Gasteiger partial charge is 0.311 e. The van der Waals surface area contributed by atoms with Crippen LogP contribution in [0.25, 0.3) is 0 Å². The van der Waals surface area contributed by atoms with E-state index >= 15 is 0 Å². The molecule has 46 heavy (non-hydrogen) atoms. The summed E-state index contributed by atoms with van der Waals surface area (Å²) >= 11 is 0. The number of carbonyl (C=O) groups excluding carboxylic acids is 2. The van der Waals surface area contributed by atoms with Crippen LogP contribution >= 0.6 is 0 Å². The first kappa shape index (κ1) is 36.3. The van der Waals surface area contributed by atoms with Crippen molar-refractivity contribution in [1.82, 2.24) is 0 Å². The predicted octanol–water partition coefficient (Wildman–Crippen LogP) is 10.6. The van der Waals surface area contributed by atoms with Crippen LogP contribution in [0.2, 0.25) is 0 Å². The molecular formula is C41H70O5. The maximum Gasteiger partial charge on any atom is 0.311 e. The van der Waals surface area contributed by atoms with Gasteiger partial charge in [0.05, 0.1) is 18.6 Å². The van der Waals surface area contributed by atoms with Crippen LogP contribution < -0.4 is 0 Å². The van der Waals surface area contributed by atoms with E-state index in [2.05, 4.69) is 6.92 Å². The Bertz CT molecular complexity index is 763. The Morgan fingerprint density at radius 2 is 0.870 bits per heavy atom. The minimum atomic E-state index is -0.465. The van der Waals surface area contributed by atoms with Gasteiger partial charge in [0.2, 0.25) is 0 Å². The standard InChI is InChI=1S/C41H70O5/c1-30(27-38(42)39(34-15-7-3-8-16-34)35-17-9-4-10-18-35)44-28-32-23-25-33(26-24-32)29-45-31(2)46-41(43)40(36-19-11-5-12-20-36)37-21-13-6-14-22-37/h30-37,39-40H,3-29H2,1-2H3.